The number of nitrogens with one attached hydrogen (secondary N) is 1. The molecular weight excluding hydrogens is 248 g/mol. The molecule has 19 heavy (non-hydrogen) atoms. The summed E-state index contributed by atoms with van der Waals surface area (Å²) >= 11 is 0. The van der Waals surface area contributed by atoms with Gasteiger partial charge in [0, 0.05) is 24.8 Å². The minimum absolute atomic E-state index is 0.0590. The fourth-order valence-electron chi connectivity index (χ4n) is 1.53. The number of nitrogens with zero attached hydrogens (tertiary/aromatic N) is 1. The molecule has 0 saturated heterocycles. The maximum absolute atomic E-state index is 12.0. The van der Waals surface area contributed by atoms with Crippen LogP contribution < -0.4 is 10.2 Å². The first kappa shape index (κ1) is 14.8. The van der Waals surface area contributed by atoms with E-state index in [1.807, 2.05) is 0 Å². The number of benzene rings is 1. The first-order valence-corrected chi connectivity index (χ1v) is 6.03. The molecule has 0 radical (unpaired) electrons. The molecular formula is C13H18N2O4. The molecule has 0 aromatic heterocycles. The number of amides is 2. The molecule has 1 aromatic rings. The molecule has 6 nitrogen and oxygen atoms in total. The molecule has 2 amide bonds. The van der Waals surface area contributed by atoms with Crippen LogP contribution in [0.25, 0.3) is 0 Å². The van der Waals surface area contributed by atoms with E-state index in [4.69, 9.17) is 5.11 Å². The van der Waals surface area contributed by atoms with E-state index < -0.39 is 11.9 Å². The number of hydrogen-bond acceptors (Lipinski definition) is 3. The first-order chi connectivity index (χ1) is 8.95. The number of carboxylic acid groups (broad SMARTS) is 1. The van der Waals surface area contributed by atoms with Crippen molar-refractivity contribution in [2.24, 2.45) is 5.92 Å². The molecule has 104 valence electrons. The average molecular weight is 266 g/mol. The van der Waals surface area contributed by atoms with E-state index in [9.17, 15) is 14.7 Å². The molecule has 0 aliphatic carbocycles. The number of phenols is 1. The van der Waals surface area contributed by atoms with Gasteiger partial charge in [0.15, 0.2) is 0 Å². The molecule has 0 aliphatic rings. The number of carbonyl (C=O) groups is 2. The van der Waals surface area contributed by atoms with Crippen molar-refractivity contribution < 1.29 is 19.8 Å². The largest absolute Gasteiger partial charge is 0.508 e. The van der Waals surface area contributed by atoms with Gasteiger partial charge in [0.2, 0.25) is 0 Å². The highest BCUT2D eigenvalue weighted by Crippen LogP contribution is 2.19. The van der Waals surface area contributed by atoms with Crippen LogP contribution in [0.3, 0.4) is 0 Å². The number of carboxylic acids is 1. The summed E-state index contributed by atoms with van der Waals surface area (Å²) in [5, 5.41) is 20.7. The Hall–Kier alpha value is -2.24. The summed E-state index contributed by atoms with van der Waals surface area (Å²) < 4.78 is 0. The van der Waals surface area contributed by atoms with Crippen molar-refractivity contribution in [1.82, 2.24) is 5.32 Å². The maximum Gasteiger partial charge on any atom is 0.321 e. The molecule has 1 unspecified atom stereocenters. The monoisotopic (exact) mass is 266 g/mol. The van der Waals surface area contributed by atoms with Crippen molar-refractivity contribution in [2.45, 2.75) is 13.8 Å². The van der Waals surface area contributed by atoms with Gasteiger partial charge in [-0.2, -0.15) is 0 Å². The Bertz CT molecular complexity index is 462. The molecule has 0 aliphatic heterocycles. The Balaban J connectivity index is 2.70. The first-order valence-electron chi connectivity index (χ1n) is 6.03. The molecule has 3 N–H and O–H groups in total. The van der Waals surface area contributed by atoms with Gasteiger partial charge in [-0.1, -0.05) is 13.0 Å². The lowest BCUT2D eigenvalue weighted by atomic mass is 10.2. The summed E-state index contributed by atoms with van der Waals surface area (Å²) in [5.41, 5.74) is 0.558. The quantitative estimate of drug-likeness (QED) is 0.756. The Morgan fingerprint density at radius 2 is 2.11 bits per heavy atom. The summed E-state index contributed by atoms with van der Waals surface area (Å²) in [6.45, 7) is 3.79. The zero-order valence-electron chi connectivity index (χ0n) is 11.0. The third-order valence-electron chi connectivity index (χ3n) is 2.68. The average Bonchev–Trinajstić information content (AvgIpc) is 2.36. The normalized spacial score (nSPS) is 11.7. The summed E-state index contributed by atoms with van der Waals surface area (Å²) in [5.74, 6) is -1.53. The van der Waals surface area contributed by atoms with Crippen molar-refractivity contribution in [3.63, 3.8) is 0 Å². The highest BCUT2D eigenvalue weighted by molar-refractivity contribution is 5.92. The highest BCUT2D eigenvalue weighted by Gasteiger charge is 2.17. The third kappa shape index (κ3) is 4.17. The van der Waals surface area contributed by atoms with Gasteiger partial charge in [-0.15, -0.1) is 0 Å². The van der Waals surface area contributed by atoms with Crippen molar-refractivity contribution >= 4 is 17.7 Å². The highest BCUT2D eigenvalue weighted by atomic mass is 16.4. The fourth-order valence-corrected chi connectivity index (χ4v) is 1.53. The number of rotatable bonds is 5. The van der Waals surface area contributed by atoms with E-state index in [-0.39, 0.29) is 18.3 Å². The molecule has 1 aromatic carbocycles. The van der Waals surface area contributed by atoms with Gasteiger partial charge in [0.1, 0.15) is 5.75 Å². The van der Waals surface area contributed by atoms with Crippen molar-refractivity contribution in [3.05, 3.63) is 24.3 Å². The zero-order valence-corrected chi connectivity index (χ0v) is 11.0. The van der Waals surface area contributed by atoms with Crippen molar-refractivity contribution in [1.29, 1.82) is 0 Å². The van der Waals surface area contributed by atoms with E-state index >= 15 is 0 Å². The number of urea groups is 1. The van der Waals surface area contributed by atoms with Crippen LogP contribution in [0.4, 0.5) is 10.5 Å². The van der Waals surface area contributed by atoms with Crippen molar-refractivity contribution in [2.75, 3.05) is 18.0 Å². The number of phenolic OH excluding ortho intramolecular Hbond substituents is 1. The maximum atomic E-state index is 12.0. The summed E-state index contributed by atoms with van der Waals surface area (Å²) in [6, 6.07) is 5.94. The summed E-state index contributed by atoms with van der Waals surface area (Å²) in [7, 11) is 0. The Morgan fingerprint density at radius 3 is 2.63 bits per heavy atom. The van der Waals surface area contributed by atoms with Crippen LogP contribution in [0.2, 0.25) is 0 Å². The molecule has 0 saturated carbocycles. The van der Waals surface area contributed by atoms with Gasteiger partial charge in [-0.05, 0) is 19.1 Å². The summed E-state index contributed by atoms with van der Waals surface area (Å²) in [4.78, 5) is 24.0. The van der Waals surface area contributed by atoms with E-state index in [2.05, 4.69) is 5.32 Å². The Labute approximate surface area is 111 Å². The lowest BCUT2D eigenvalue weighted by Gasteiger charge is -2.22. The molecule has 0 spiro atoms. The topological polar surface area (TPSA) is 89.9 Å². The second-order valence-electron chi connectivity index (χ2n) is 4.19. The smallest absolute Gasteiger partial charge is 0.321 e. The van der Waals surface area contributed by atoms with Gasteiger partial charge in [-0.3, -0.25) is 9.69 Å². The lowest BCUT2D eigenvalue weighted by Crippen LogP contribution is -2.42. The Morgan fingerprint density at radius 1 is 1.42 bits per heavy atom. The van der Waals surface area contributed by atoms with Crippen molar-refractivity contribution in [3.8, 4) is 5.75 Å². The van der Waals surface area contributed by atoms with Crippen LogP contribution in [-0.2, 0) is 4.79 Å². The van der Waals surface area contributed by atoms with Gasteiger partial charge in [-0.25, -0.2) is 4.79 Å². The van der Waals surface area contributed by atoms with E-state index in [1.54, 1.807) is 19.1 Å². The molecule has 1 rings (SSSR count). The predicted molar refractivity (Wildman–Crippen MR) is 71.3 cm³/mol. The van der Waals surface area contributed by atoms with Crippen LogP contribution in [0, 0.1) is 5.92 Å². The van der Waals surface area contributed by atoms with Crippen LogP contribution in [0.1, 0.15) is 13.8 Å². The third-order valence-corrected chi connectivity index (χ3v) is 2.68. The molecule has 6 heteroatoms. The number of aliphatic carboxylic acids is 1. The van der Waals surface area contributed by atoms with Gasteiger partial charge in [0.05, 0.1) is 5.92 Å². The van der Waals surface area contributed by atoms with Crippen LogP contribution in [0.5, 0.6) is 5.75 Å². The standard InChI is InChI=1S/C13H18N2O4/c1-3-15(10-5-4-6-11(16)7-10)13(19)14-8-9(2)12(17)18/h4-7,9,16H,3,8H2,1-2H3,(H,14,19)(H,17,18). The van der Waals surface area contributed by atoms with Crippen LogP contribution in [-0.4, -0.2) is 35.3 Å². The van der Waals surface area contributed by atoms with Gasteiger partial charge >= 0.3 is 12.0 Å². The van der Waals surface area contributed by atoms with E-state index in [0.717, 1.165) is 0 Å². The molecule has 0 fully saturated rings. The molecule has 0 bridgehead atoms. The number of hydrogen-bond donors (Lipinski definition) is 3. The minimum Gasteiger partial charge on any atom is -0.508 e. The Kier molecular flexibility index (Phi) is 5.17. The fraction of sp³-hybridized carbons (Fsp3) is 0.385. The second kappa shape index (κ2) is 6.63. The molecule has 1 atom stereocenters. The number of anilines is 1. The lowest BCUT2D eigenvalue weighted by molar-refractivity contribution is -0.140. The van der Waals surface area contributed by atoms with E-state index in [0.29, 0.717) is 12.2 Å². The predicted octanol–water partition coefficient (Wildman–Crippen LogP) is 1.65. The number of carbonyl (C=O) groups excluding carboxylic acids is 1. The second-order valence-corrected chi connectivity index (χ2v) is 4.19. The van der Waals surface area contributed by atoms with Crippen LogP contribution >= 0.6 is 0 Å². The molecule has 0 heterocycles. The summed E-state index contributed by atoms with van der Waals surface area (Å²) in [6.07, 6.45) is 0. The SMILES string of the molecule is CCN(C(=O)NCC(C)C(=O)O)c1cccc(O)c1. The number of aromatic hydroxyl groups is 1. The minimum atomic E-state index is -0.958. The van der Waals surface area contributed by atoms with Gasteiger partial charge in [0.25, 0.3) is 0 Å². The van der Waals surface area contributed by atoms with Crippen LogP contribution in [0.15, 0.2) is 24.3 Å². The van der Waals surface area contributed by atoms with Gasteiger partial charge < -0.3 is 15.5 Å². The zero-order chi connectivity index (χ0) is 14.4. The van der Waals surface area contributed by atoms with E-state index in [1.165, 1.54) is 24.0 Å².